The Morgan fingerprint density at radius 3 is 2.33 bits per heavy atom. The third-order valence-corrected chi connectivity index (χ3v) is 2.55. The van der Waals surface area contributed by atoms with Gasteiger partial charge in [0.15, 0.2) is 0 Å². The minimum absolute atomic E-state index is 0.0151. The summed E-state index contributed by atoms with van der Waals surface area (Å²) < 4.78 is 0. The predicted octanol–water partition coefficient (Wildman–Crippen LogP) is 0.741. The normalized spacial score (nSPS) is 9.94. The second kappa shape index (κ2) is 6.76. The second-order valence-corrected chi connectivity index (χ2v) is 4.05. The van der Waals surface area contributed by atoms with Gasteiger partial charge in [0.1, 0.15) is 0 Å². The number of amides is 2. The van der Waals surface area contributed by atoms with Crippen LogP contribution in [0.2, 0.25) is 0 Å². The van der Waals surface area contributed by atoms with Crippen molar-refractivity contribution in [3.63, 3.8) is 0 Å². The van der Waals surface area contributed by atoms with E-state index in [4.69, 9.17) is 5.11 Å². The first-order valence-corrected chi connectivity index (χ1v) is 5.82. The molecule has 0 aliphatic rings. The van der Waals surface area contributed by atoms with Crippen molar-refractivity contribution in [1.29, 1.82) is 0 Å². The Hall–Kier alpha value is -1.88. The summed E-state index contributed by atoms with van der Waals surface area (Å²) in [6.45, 7) is 4.01. The van der Waals surface area contributed by atoms with Gasteiger partial charge in [-0.1, -0.05) is 18.2 Å². The van der Waals surface area contributed by atoms with Gasteiger partial charge < -0.3 is 15.7 Å². The first kappa shape index (κ1) is 14.2. The van der Waals surface area contributed by atoms with Crippen LogP contribution in [-0.4, -0.2) is 30.1 Å². The van der Waals surface area contributed by atoms with Gasteiger partial charge in [0.25, 0.3) is 0 Å². The van der Waals surface area contributed by atoms with Crippen molar-refractivity contribution in [2.75, 3.05) is 18.5 Å². The Kier molecular flexibility index (Phi) is 5.32. The lowest BCUT2D eigenvalue weighted by molar-refractivity contribution is -0.136. The number of rotatable bonds is 4. The number of hydrogen-bond donors (Lipinski definition) is 3. The van der Waals surface area contributed by atoms with E-state index in [0.717, 1.165) is 11.1 Å². The molecule has 0 saturated carbocycles. The van der Waals surface area contributed by atoms with Gasteiger partial charge in [0.2, 0.25) is 0 Å². The summed E-state index contributed by atoms with van der Waals surface area (Å²) >= 11 is 0. The molecule has 1 aromatic carbocycles. The summed E-state index contributed by atoms with van der Waals surface area (Å²) in [6.07, 6.45) is 0.433. The van der Waals surface area contributed by atoms with E-state index in [-0.39, 0.29) is 13.2 Å². The molecule has 5 nitrogen and oxygen atoms in total. The zero-order valence-electron chi connectivity index (χ0n) is 10.6. The zero-order valence-corrected chi connectivity index (χ0v) is 10.6. The molecule has 0 heterocycles. The van der Waals surface area contributed by atoms with Crippen LogP contribution < -0.4 is 10.6 Å². The van der Waals surface area contributed by atoms with Crippen LogP contribution in [0.15, 0.2) is 18.2 Å². The molecule has 1 rings (SSSR count). The zero-order chi connectivity index (χ0) is 13.5. The third kappa shape index (κ3) is 3.85. The Balaban J connectivity index is 2.61. The highest BCUT2D eigenvalue weighted by molar-refractivity contribution is 6.39. The quantitative estimate of drug-likeness (QED) is 0.545. The molecular formula is C13H18N2O3. The van der Waals surface area contributed by atoms with E-state index in [1.54, 1.807) is 0 Å². The Morgan fingerprint density at radius 2 is 1.78 bits per heavy atom. The Morgan fingerprint density at radius 1 is 1.17 bits per heavy atom. The molecule has 18 heavy (non-hydrogen) atoms. The summed E-state index contributed by atoms with van der Waals surface area (Å²) in [6, 6.07) is 5.63. The van der Waals surface area contributed by atoms with E-state index >= 15 is 0 Å². The topological polar surface area (TPSA) is 78.4 Å². The largest absolute Gasteiger partial charge is 0.396 e. The van der Waals surface area contributed by atoms with Gasteiger partial charge in [-0.15, -0.1) is 0 Å². The number of hydrogen-bond acceptors (Lipinski definition) is 3. The minimum Gasteiger partial charge on any atom is -0.396 e. The van der Waals surface area contributed by atoms with Crippen molar-refractivity contribution in [3.05, 3.63) is 29.3 Å². The van der Waals surface area contributed by atoms with Crippen LogP contribution in [0.4, 0.5) is 5.69 Å². The molecular weight excluding hydrogens is 232 g/mol. The number of para-hydroxylation sites is 1. The van der Waals surface area contributed by atoms with E-state index < -0.39 is 11.8 Å². The maximum atomic E-state index is 11.6. The first-order chi connectivity index (χ1) is 8.56. The van der Waals surface area contributed by atoms with Crippen molar-refractivity contribution in [2.24, 2.45) is 0 Å². The molecule has 98 valence electrons. The maximum absolute atomic E-state index is 11.6. The van der Waals surface area contributed by atoms with Gasteiger partial charge in [0.05, 0.1) is 0 Å². The summed E-state index contributed by atoms with van der Waals surface area (Å²) in [5, 5.41) is 13.6. The van der Waals surface area contributed by atoms with Crippen LogP contribution >= 0.6 is 0 Å². The van der Waals surface area contributed by atoms with E-state index in [0.29, 0.717) is 12.1 Å². The van der Waals surface area contributed by atoms with Crippen LogP contribution in [0.5, 0.6) is 0 Å². The average Bonchev–Trinajstić information content (AvgIpc) is 2.34. The molecule has 0 fully saturated rings. The molecule has 1 aromatic rings. The number of benzene rings is 1. The van der Waals surface area contributed by atoms with E-state index in [2.05, 4.69) is 10.6 Å². The summed E-state index contributed by atoms with van der Waals surface area (Å²) in [4.78, 5) is 23.1. The fourth-order valence-corrected chi connectivity index (χ4v) is 1.54. The fourth-order valence-electron chi connectivity index (χ4n) is 1.54. The molecule has 0 bridgehead atoms. The number of aliphatic hydroxyl groups is 1. The van der Waals surface area contributed by atoms with E-state index in [9.17, 15) is 9.59 Å². The molecule has 5 heteroatoms. The second-order valence-electron chi connectivity index (χ2n) is 4.05. The van der Waals surface area contributed by atoms with Crippen LogP contribution in [-0.2, 0) is 9.59 Å². The van der Waals surface area contributed by atoms with Gasteiger partial charge >= 0.3 is 11.8 Å². The van der Waals surface area contributed by atoms with Crippen molar-refractivity contribution < 1.29 is 14.7 Å². The van der Waals surface area contributed by atoms with Crippen molar-refractivity contribution >= 4 is 17.5 Å². The lowest BCUT2D eigenvalue weighted by atomic mass is 10.1. The molecule has 0 aliphatic heterocycles. The van der Waals surface area contributed by atoms with Gasteiger partial charge in [-0.05, 0) is 31.4 Å². The molecule has 0 saturated heterocycles. The molecule has 0 atom stereocenters. The minimum atomic E-state index is -0.690. The number of aryl methyl sites for hydroxylation is 2. The van der Waals surface area contributed by atoms with Crippen molar-refractivity contribution in [1.82, 2.24) is 5.32 Å². The fraction of sp³-hybridized carbons (Fsp3) is 0.385. The number of carbonyl (C=O) groups excluding carboxylic acids is 2. The monoisotopic (exact) mass is 250 g/mol. The lowest BCUT2D eigenvalue weighted by Gasteiger charge is -2.11. The third-order valence-electron chi connectivity index (χ3n) is 2.55. The highest BCUT2D eigenvalue weighted by Gasteiger charge is 2.14. The van der Waals surface area contributed by atoms with Gasteiger partial charge in [0, 0.05) is 18.8 Å². The van der Waals surface area contributed by atoms with Gasteiger partial charge in [-0.3, -0.25) is 9.59 Å². The van der Waals surface area contributed by atoms with Crippen LogP contribution in [0.1, 0.15) is 17.5 Å². The van der Waals surface area contributed by atoms with Crippen LogP contribution in [0.3, 0.4) is 0 Å². The van der Waals surface area contributed by atoms with E-state index in [1.165, 1.54) is 0 Å². The van der Waals surface area contributed by atoms with Crippen molar-refractivity contribution in [2.45, 2.75) is 20.3 Å². The highest BCUT2D eigenvalue weighted by atomic mass is 16.3. The van der Waals surface area contributed by atoms with Crippen LogP contribution in [0.25, 0.3) is 0 Å². The van der Waals surface area contributed by atoms with E-state index in [1.807, 2.05) is 32.0 Å². The average molecular weight is 250 g/mol. The molecule has 0 spiro atoms. The van der Waals surface area contributed by atoms with Crippen LogP contribution in [0, 0.1) is 13.8 Å². The number of anilines is 1. The highest BCUT2D eigenvalue weighted by Crippen LogP contribution is 2.18. The van der Waals surface area contributed by atoms with Crippen molar-refractivity contribution in [3.8, 4) is 0 Å². The maximum Gasteiger partial charge on any atom is 0.313 e. The Bertz CT molecular complexity index is 424. The molecule has 3 N–H and O–H groups in total. The lowest BCUT2D eigenvalue weighted by Crippen LogP contribution is -2.36. The van der Waals surface area contributed by atoms with Gasteiger partial charge in [-0.2, -0.15) is 0 Å². The number of aliphatic hydroxyl groups excluding tert-OH is 1. The summed E-state index contributed by atoms with van der Waals surface area (Å²) in [7, 11) is 0. The standard InChI is InChI=1S/C13H18N2O3/c1-9-5-3-6-10(2)11(9)15-13(18)12(17)14-7-4-8-16/h3,5-6,16H,4,7-8H2,1-2H3,(H,14,17)(H,15,18). The molecule has 0 radical (unpaired) electrons. The smallest absolute Gasteiger partial charge is 0.313 e. The number of carbonyl (C=O) groups is 2. The SMILES string of the molecule is Cc1cccc(C)c1NC(=O)C(=O)NCCCO. The molecule has 2 amide bonds. The summed E-state index contributed by atoms with van der Waals surface area (Å²) in [5.41, 5.74) is 2.48. The van der Waals surface area contributed by atoms with Gasteiger partial charge in [-0.25, -0.2) is 0 Å². The molecule has 0 unspecified atom stereocenters. The molecule has 0 aromatic heterocycles. The predicted molar refractivity (Wildman–Crippen MR) is 69.3 cm³/mol. The summed E-state index contributed by atoms with van der Waals surface area (Å²) in [5.74, 6) is -1.38. The number of nitrogens with one attached hydrogen (secondary N) is 2. The first-order valence-electron chi connectivity index (χ1n) is 5.82. The molecule has 0 aliphatic carbocycles. The Labute approximate surface area is 106 Å².